The van der Waals surface area contributed by atoms with Crippen LogP contribution in [-0.2, 0) is 13.0 Å². The molecule has 0 amide bonds. The van der Waals surface area contributed by atoms with E-state index in [0.717, 1.165) is 50.5 Å². The first kappa shape index (κ1) is 13.7. The van der Waals surface area contributed by atoms with E-state index in [1.807, 2.05) is 28.9 Å². The molecule has 7 heteroatoms. The normalized spacial score (nSPS) is 13.7. The van der Waals surface area contributed by atoms with Gasteiger partial charge in [-0.25, -0.2) is 9.67 Å². The fourth-order valence-corrected chi connectivity index (χ4v) is 4.11. The lowest BCUT2D eigenvalue weighted by Crippen LogP contribution is -2.06. The van der Waals surface area contributed by atoms with Gasteiger partial charge in [0.2, 0.25) is 5.95 Å². The van der Waals surface area contributed by atoms with E-state index in [1.165, 1.54) is 0 Å². The van der Waals surface area contributed by atoms with Crippen LogP contribution in [0.1, 0.15) is 11.4 Å². The van der Waals surface area contributed by atoms with E-state index >= 15 is 0 Å². The second-order valence-electron chi connectivity index (χ2n) is 5.78. The molecule has 1 aliphatic rings. The standard InChI is InChI=1S/C17H14N6S/c18-17-20-15-14-13(7-8-24-16(14)21-17)22-23(15)9-11-6-5-10-3-1-2-4-12(10)19-11/h1-6H,7-9H2,(H2,18,20,21). The van der Waals surface area contributed by atoms with Crippen molar-refractivity contribution in [2.75, 3.05) is 11.5 Å². The second kappa shape index (κ2) is 5.17. The van der Waals surface area contributed by atoms with E-state index in [2.05, 4.69) is 22.1 Å². The van der Waals surface area contributed by atoms with Crippen molar-refractivity contribution < 1.29 is 0 Å². The highest BCUT2D eigenvalue weighted by atomic mass is 32.2. The third kappa shape index (κ3) is 2.12. The SMILES string of the molecule is Nc1nc2c3c(nn(Cc4ccc5ccccc5n4)c3n1)CCS2. The van der Waals surface area contributed by atoms with Gasteiger partial charge in [-0.15, -0.1) is 11.8 Å². The summed E-state index contributed by atoms with van der Waals surface area (Å²) in [7, 11) is 0. The van der Waals surface area contributed by atoms with E-state index in [1.54, 1.807) is 11.8 Å². The number of fused-ring (bicyclic) bond motifs is 1. The van der Waals surface area contributed by atoms with Crippen LogP contribution >= 0.6 is 11.8 Å². The van der Waals surface area contributed by atoms with Gasteiger partial charge < -0.3 is 5.73 Å². The number of nitrogen functional groups attached to an aromatic ring is 1. The number of para-hydroxylation sites is 1. The van der Waals surface area contributed by atoms with Gasteiger partial charge in [0.25, 0.3) is 0 Å². The van der Waals surface area contributed by atoms with Crippen LogP contribution < -0.4 is 5.73 Å². The van der Waals surface area contributed by atoms with E-state index in [9.17, 15) is 0 Å². The number of nitrogens with zero attached hydrogens (tertiary/aromatic N) is 5. The molecular weight excluding hydrogens is 320 g/mol. The molecule has 0 spiro atoms. The Kier molecular flexibility index (Phi) is 2.96. The van der Waals surface area contributed by atoms with Crippen LogP contribution in [0.4, 0.5) is 5.95 Å². The molecule has 0 fully saturated rings. The summed E-state index contributed by atoms with van der Waals surface area (Å²) in [6, 6.07) is 12.2. The number of aromatic nitrogens is 5. The minimum Gasteiger partial charge on any atom is -0.368 e. The number of benzene rings is 1. The highest BCUT2D eigenvalue weighted by Crippen LogP contribution is 2.34. The molecule has 0 unspecified atom stereocenters. The van der Waals surface area contributed by atoms with Gasteiger partial charge in [-0.1, -0.05) is 24.3 Å². The maximum Gasteiger partial charge on any atom is 0.223 e. The molecule has 3 aromatic heterocycles. The maximum atomic E-state index is 5.88. The van der Waals surface area contributed by atoms with Crippen molar-refractivity contribution in [1.29, 1.82) is 0 Å². The third-order valence-electron chi connectivity index (χ3n) is 4.19. The van der Waals surface area contributed by atoms with E-state index in [-0.39, 0.29) is 0 Å². The summed E-state index contributed by atoms with van der Waals surface area (Å²) in [5.74, 6) is 1.27. The zero-order valence-electron chi connectivity index (χ0n) is 12.8. The van der Waals surface area contributed by atoms with Gasteiger partial charge in [0, 0.05) is 17.6 Å². The zero-order chi connectivity index (χ0) is 16.1. The largest absolute Gasteiger partial charge is 0.368 e. The van der Waals surface area contributed by atoms with Crippen LogP contribution in [0.15, 0.2) is 41.4 Å². The fourth-order valence-electron chi connectivity index (χ4n) is 3.11. The number of hydrogen-bond donors (Lipinski definition) is 1. The Hall–Kier alpha value is -2.67. The molecule has 6 nitrogen and oxygen atoms in total. The summed E-state index contributed by atoms with van der Waals surface area (Å²) in [6.07, 6.45) is 0.930. The quantitative estimate of drug-likeness (QED) is 0.568. The second-order valence-corrected chi connectivity index (χ2v) is 6.87. The first-order valence-corrected chi connectivity index (χ1v) is 8.77. The van der Waals surface area contributed by atoms with E-state index in [0.29, 0.717) is 12.5 Å². The average molecular weight is 334 g/mol. The van der Waals surface area contributed by atoms with Crippen LogP contribution in [0.3, 0.4) is 0 Å². The van der Waals surface area contributed by atoms with Crippen LogP contribution in [0, 0.1) is 0 Å². The van der Waals surface area contributed by atoms with Gasteiger partial charge in [0.15, 0.2) is 5.65 Å². The van der Waals surface area contributed by atoms with Crippen molar-refractivity contribution in [3.63, 3.8) is 0 Å². The number of pyridine rings is 1. The molecule has 118 valence electrons. The molecule has 4 aromatic rings. The molecule has 0 bridgehead atoms. The topological polar surface area (TPSA) is 82.5 Å². The maximum absolute atomic E-state index is 5.88. The molecule has 1 aromatic carbocycles. The Morgan fingerprint density at radius 3 is 2.96 bits per heavy atom. The van der Waals surface area contributed by atoms with Crippen molar-refractivity contribution in [3.8, 4) is 0 Å². The first-order valence-electron chi connectivity index (χ1n) is 7.78. The molecule has 0 saturated carbocycles. The van der Waals surface area contributed by atoms with Gasteiger partial charge >= 0.3 is 0 Å². The van der Waals surface area contributed by atoms with Crippen LogP contribution in [0.2, 0.25) is 0 Å². The Balaban J connectivity index is 1.64. The summed E-state index contributed by atoms with van der Waals surface area (Å²) >= 11 is 1.72. The van der Waals surface area contributed by atoms with Gasteiger partial charge in [-0.2, -0.15) is 10.1 Å². The van der Waals surface area contributed by atoms with Crippen LogP contribution in [0.25, 0.3) is 21.9 Å². The average Bonchev–Trinajstić information content (AvgIpc) is 2.93. The summed E-state index contributed by atoms with van der Waals surface area (Å²) in [4.78, 5) is 13.5. The first-order chi connectivity index (χ1) is 11.8. The summed E-state index contributed by atoms with van der Waals surface area (Å²) < 4.78 is 1.90. The molecule has 4 heterocycles. The Bertz CT molecular complexity index is 1090. The van der Waals surface area contributed by atoms with Crippen molar-refractivity contribution in [1.82, 2.24) is 24.7 Å². The number of nitrogens with two attached hydrogens (primary N) is 1. The number of thioether (sulfide) groups is 1. The van der Waals surface area contributed by atoms with Crippen molar-refractivity contribution >= 4 is 39.6 Å². The predicted molar refractivity (Wildman–Crippen MR) is 95.0 cm³/mol. The zero-order valence-corrected chi connectivity index (χ0v) is 13.6. The van der Waals surface area contributed by atoms with Gasteiger partial charge in [-0.3, -0.25) is 4.98 Å². The predicted octanol–water partition coefficient (Wildman–Crippen LogP) is 2.65. The molecule has 0 atom stereocenters. The highest BCUT2D eigenvalue weighted by molar-refractivity contribution is 7.99. The minimum atomic E-state index is 0.297. The molecule has 0 aliphatic carbocycles. The number of hydrogen-bond acceptors (Lipinski definition) is 6. The van der Waals surface area contributed by atoms with E-state index in [4.69, 9.17) is 15.8 Å². The molecule has 24 heavy (non-hydrogen) atoms. The van der Waals surface area contributed by atoms with Gasteiger partial charge in [0.05, 0.1) is 28.8 Å². The smallest absolute Gasteiger partial charge is 0.223 e. The summed E-state index contributed by atoms with van der Waals surface area (Å²) in [5, 5.41) is 7.86. The van der Waals surface area contributed by atoms with Crippen LogP contribution in [0.5, 0.6) is 0 Å². The van der Waals surface area contributed by atoms with Gasteiger partial charge in [-0.05, 0) is 12.1 Å². The Morgan fingerprint density at radius 2 is 2.00 bits per heavy atom. The monoisotopic (exact) mass is 334 g/mol. The lowest BCUT2D eigenvalue weighted by Gasteiger charge is -2.08. The summed E-state index contributed by atoms with van der Waals surface area (Å²) in [5.41, 5.74) is 9.68. The van der Waals surface area contributed by atoms with Crippen molar-refractivity contribution in [2.24, 2.45) is 0 Å². The fraction of sp³-hybridized carbons (Fsp3) is 0.176. The number of anilines is 1. The molecular formula is C17H14N6S. The lowest BCUT2D eigenvalue weighted by atomic mass is 10.2. The lowest BCUT2D eigenvalue weighted by molar-refractivity contribution is 0.678. The molecule has 1 aliphatic heterocycles. The number of rotatable bonds is 2. The summed E-state index contributed by atoms with van der Waals surface area (Å²) in [6.45, 7) is 0.571. The van der Waals surface area contributed by atoms with Gasteiger partial charge in [0.1, 0.15) is 5.03 Å². The Morgan fingerprint density at radius 1 is 1.08 bits per heavy atom. The third-order valence-corrected chi connectivity index (χ3v) is 5.17. The molecule has 2 N–H and O–H groups in total. The number of aryl methyl sites for hydroxylation is 1. The van der Waals surface area contributed by atoms with E-state index < -0.39 is 0 Å². The minimum absolute atomic E-state index is 0.297. The molecule has 5 rings (SSSR count). The molecule has 0 saturated heterocycles. The molecule has 0 radical (unpaired) electrons. The van der Waals surface area contributed by atoms with Crippen molar-refractivity contribution in [2.45, 2.75) is 18.0 Å². The Labute approximate surface area is 142 Å². The van der Waals surface area contributed by atoms with Crippen LogP contribution in [-0.4, -0.2) is 30.5 Å². The highest BCUT2D eigenvalue weighted by Gasteiger charge is 2.22. The van der Waals surface area contributed by atoms with Crippen molar-refractivity contribution in [3.05, 3.63) is 47.8 Å².